The number of hydrogen-bond donors (Lipinski definition) is 2. The Labute approximate surface area is 151 Å². The van der Waals surface area contributed by atoms with Crippen LogP contribution in [0.15, 0.2) is 55.1 Å². The number of nitrogens with zero attached hydrogens (tertiary/aromatic N) is 3. The Bertz CT molecular complexity index is 887. The fourth-order valence-electron chi connectivity index (χ4n) is 3.60. The van der Waals surface area contributed by atoms with Gasteiger partial charge in [-0.1, -0.05) is 6.07 Å². The zero-order valence-corrected chi connectivity index (χ0v) is 14.5. The van der Waals surface area contributed by atoms with Crippen LogP contribution < -0.4 is 5.32 Å². The van der Waals surface area contributed by atoms with Gasteiger partial charge in [-0.25, -0.2) is 4.98 Å². The maximum atomic E-state index is 12.7. The van der Waals surface area contributed by atoms with Gasteiger partial charge in [0.05, 0.1) is 18.2 Å². The Balaban J connectivity index is 1.45. The van der Waals surface area contributed by atoms with Crippen molar-refractivity contribution >= 4 is 11.6 Å². The normalized spacial score (nSPS) is 20.5. The van der Waals surface area contributed by atoms with Crippen molar-refractivity contribution in [2.24, 2.45) is 5.92 Å². The number of nitrogens with one attached hydrogen (secondary N) is 1. The molecule has 1 atom stereocenters. The standard InChI is InChI=1S/C20H22N4O2/c25-17-10-15(11-17)18(9-14-4-6-21-7-5-14)23-20(26)12-16-13-22-19-3-1-2-8-24(16)19/h1-8,13,15,17-18,25H,9-12H2,(H,23,26). The molecule has 4 rings (SSSR count). The molecule has 0 bridgehead atoms. The molecule has 134 valence electrons. The second-order valence-electron chi connectivity index (χ2n) is 6.97. The van der Waals surface area contributed by atoms with Crippen LogP contribution in [-0.2, 0) is 17.6 Å². The Morgan fingerprint density at radius 2 is 2.08 bits per heavy atom. The van der Waals surface area contributed by atoms with E-state index in [0.29, 0.717) is 5.92 Å². The summed E-state index contributed by atoms with van der Waals surface area (Å²) in [4.78, 5) is 21.0. The molecular formula is C20H22N4O2. The van der Waals surface area contributed by atoms with Crippen LogP contribution in [0.4, 0.5) is 0 Å². The summed E-state index contributed by atoms with van der Waals surface area (Å²) >= 11 is 0. The van der Waals surface area contributed by atoms with E-state index in [1.165, 1.54) is 0 Å². The third-order valence-electron chi connectivity index (χ3n) is 5.11. The number of amides is 1. The van der Waals surface area contributed by atoms with E-state index in [9.17, 15) is 9.90 Å². The molecular weight excluding hydrogens is 328 g/mol. The second-order valence-corrected chi connectivity index (χ2v) is 6.97. The summed E-state index contributed by atoms with van der Waals surface area (Å²) in [6.07, 6.45) is 9.48. The Hall–Kier alpha value is -2.73. The molecule has 0 aliphatic heterocycles. The van der Waals surface area contributed by atoms with Gasteiger partial charge in [-0.15, -0.1) is 0 Å². The first kappa shape index (κ1) is 16.7. The molecule has 0 radical (unpaired) electrons. The van der Waals surface area contributed by atoms with E-state index >= 15 is 0 Å². The van der Waals surface area contributed by atoms with Crippen molar-refractivity contribution in [1.82, 2.24) is 19.7 Å². The fraction of sp³-hybridized carbons (Fsp3) is 0.350. The lowest BCUT2D eigenvalue weighted by Gasteiger charge is -2.38. The Morgan fingerprint density at radius 1 is 1.27 bits per heavy atom. The number of imidazole rings is 1. The predicted octanol–water partition coefficient (Wildman–Crippen LogP) is 1.77. The molecule has 1 saturated carbocycles. The molecule has 3 heterocycles. The van der Waals surface area contributed by atoms with Crippen LogP contribution in [0.1, 0.15) is 24.1 Å². The van der Waals surface area contributed by atoms with Crippen molar-refractivity contribution in [3.63, 3.8) is 0 Å². The summed E-state index contributed by atoms with van der Waals surface area (Å²) in [7, 11) is 0. The highest BCUT2D eigenvalue weighted by atomic mass is 16.3. The average Bonchev–Trinajstić information content (AvgIpc) is 3.02. The molecule has 1 aliphatic carbocycles. The van der Waals surface area contributed by atoms with Gasteiger partial charge in [0.15, 0.2) is 0 Å². The van der Waals surface area contributed by atoms with Gasteiger partial charge in [0.25, 0.3) is 0 Å². The summed E-state index contributed by atoms with van der Waals surface area (Å²) in [5.41, 5.74) is 2.85. The van der Waals surface area contributed by atoms with Crippen LogP contribution in [0.5, 0.6) is 0 Å². The van der Waals surface area contributed by atoms with Crippen molar-refractivity contribution in [3.05, 3.63) is 66.4 Å². The lowest BCUT2D eigenvalue weighted by Crippen LogP contribution is -2.48. The molecule has 0 saturated heterocycles. The number of carbonyl (C=O) groups is 1. The molecule has 1 aliphatic rings. The van der Waals surface area contributed by atoms with Gasteiger partial charge < -0.3 is 14.8 Å². The Morgan fingerprint density at radius 3 is 2.85 bits per heavy atom. The van der Waals surface area contributed by atoms with Gasteiger partial charge in [0, 0.05) is 30.8 Å². The van der Waals surface area contributed by atoms with Crippen LogP contribution in [-0.4, -0.2) is 37.5 Å². The van der Waals surface area contributed by atoms with Gasteiger partial charge in [-0.2, -0.15) is 0 Å². The van der Waals surface area contributed by atoms with Crippen molar-refractivity contribution in [2.75, 3.05) is 0 Å². The fourth-order valence-corrected chi connectivity index (χ4v) is 3.60. The van der Waals surface area contributed by atoms with Crippen LogP contribution in [0.3, 0.4) is 0 Å². The smallest absolute Gasteiger partial charge is 0.226 e. The third-order valence-corrected chi connectivity index (χ3v) is 5.11. The van der Waals surface area contributed by atoms with E-state index in [0.717, 1.165) is 36.2 Å². The zero-order valence-electron chi connectivity index (χ0n) is 14.5. The second kappa shape index (κ2) is 7.25. The van der Waals surface area contributed by atoms with E-state index in [1.807, 2.05) is 40.9 Å². The quantitative estimate of drug-likeness (QED) is 0.710. The van der Waals surface area contributed by atoms with E-state index in [1.54, 1.807) is 18.6 Å². The number of pyridine rings is 2. The molecule has 0 spiro atoms. The minimum Gasteiger partial charge on any atom is -0.393 e. The van der Waals surface area contributed by atoms with Gasteiger partial charge in [0.2, 0.25) is 5.91 Å². The number of carbonyl (C=O) groups excluding carboxylic acids is 1. The lowest BCUT2D eigenvalue weighted by atomic mass is 9.75. The molecule has 1 amide bonds. The average molecular weight is 350 g/mol. The number of hydrogen-bond acceptors (Lipinski definition) is 4. The first-order valence-corrected chi connectivity index (χ1v) is 8.96. The summed E-state index contributed by atoms with van der Waals surface area (Å²) in [6.45, 7) is 0. The molecule has 3 aromatic rings. The molecule has 6 heteroatoms. The molecule has 6 nitrogen and oxygen atoms in total. The van der Waals surface area contributed by atoms with Gasteiger partial charge in [-0.3, -0.25) is 9.78 Å². The van der Waals surface area contributed by atoms with Crippen molar-refractivity contribution < 1.29 is 9.90 Å². The Kier molecular flexibility index (Phi) is 4.67. The summed E-state index contributed by atoms with van der Waals surface area (Å²) in [5, 5.41) is 12.8. The monoisotopic (exact) mass is 350 g/mol. The molecule has 0 aromatic carbocycles. The summed E-state index contributed by atoms with van der Waals surface area (Å²) < 4.78 is 1.94. The van der Waals surface area contributed by atoms with Crippen molar-refractivity contribution in [1.29, 1.82) is 0 Å². The highest BCUT2D eigenvalue weighted by Crippen LogP contribution is 2.31. The first-order valence-electron chi connectivity index (χ1n) is 8.96. The highest BCUT2D eigenvalue weighted by molar-refractivity contribution is 5.78. The minimum atomic E-state index is -0.240. The summed E-state index contributed by atoms with van der Waals surface area (Å²) in [5.74, 6) is 0.292. The van der Waals surface area contributed by atoms with E-state index in [4.69, 9.17) is 0 Å². The summed E-state index contributed by atoms with van der Waals surface area (Å²) in [6, 6.07) is 9.74. The number of fused-ring (bicyclic) bond motifs is 1. The van der Waals surface area contributed by atoms with Crippen molar-refractivity contribution in [2.45, 2.75) is 37.8 Å². The number of aliphatic hydroxyl groups excluding tert-OH is 1. The predicted molar refractivity (Wildman–Crippen MR) is 97.5 cm³/mol. The van der Waals surface area contributed by atoms with Gasteiger partial charge >= 0.3 is 0 Å². The molecule has 2 N–H and O–H groups in total. The molecule has 26 heavy (non-hydrogen) atoms. The molecule has 3 aromatic heterocycles. The lowest BCUT2D eigenvalue weighted by molar-refractivity contribution is -0.122. The van der Waals surface area contributed by atoms with E-state index < -0.39 is 0 Å². The first-order chi connectivity index (χ1) is 12.7. The van der Waals surface area contributed by atoms with Crippen LogP contribution in [0.25, 0.3) is 5.65 Å². The van der Waals surface area contributed by atoms with Crippen LogP contribution >= 0.6 is 0 Å². The largest absolute Gasteiger partial charge is 0.393 e. The van der Waals surface area contributed by atoms with Crippen molar-refractivity contribution in [3.8, 4) is 0 Å². The number of aliphatic hydroxyl groups is 1. The maximum absolute atomic E-state index is 12.7. The minimum absolute atomic E-state index is 0.0175. The topological polar surface area (TPSA) is 79.5 Å². The van der Waals surface area contributed by atoms with Gasteiger partial charge in [-0.05, 0) is 55.0 Å². The van der Waals surface area contributed by atoms with E-state index in [2.05, 4.69) is 15.3 Å². The zero-order chi connectivity index (χ0) is 17.9. The highest BCUT2D eigenvalue weighted by Gasteiger charge is 2.34. The molecule has 1 fully saturated rings. The van der Waals surface area contributed by atoms with E-state index in [-0.39, 0.29) is 24.5 Å². The van der Waals surface area contributed by atoms with Crippen LogP contribution in [0.2, 0.25) is 0 Å². The number of aromatic nitrogens is 3. The third kappa shape index (κ3) is 3.60. The SMILES string of the molecule is O=C(Cc1cnc2ccccn12)NC(Cc1ccncc1)C1CC(O)C1. The maximum Gasteiger partial charge on any atom is 0.226 e. The van der Waals surface area contributed by atoms with Crippen LogP contribution in [0, 0.1) is 5.92 Å². The number of rotatable bonds is 6. The molecule has 1 unspecified atom stereocenters. The van der Waals surface area contributed by atoms with Gasteiger partial charge in [0.1, 0.15) is 5.65 Å².